The van der Waals surface area contributed by atoms with Crippen LogP contribution in [0.15, 0.2) is 18.5 Å². The predicted molar refractivity (Wildman–Crippen MR) is 113 cm³/mol. The first-order valence-corrected chi connectivity index (χ1v) is 10.4. The minimum atomic E-state index is -4.15. The zero-order chi connectivity index (χ0) is 20.1. The molecule has 2 N–H and O–H groups in total. The first kappa shape index (κ1) is 23.4. The lowest BCUT2D eigenvalue weighted by Crippen LogP contribution is -2.37. The molecule has 0 saturated carbocycles. The molecular formula is C17H26ClN5O5S. The van der Waals surface area contributed by atoms with Crippen LogP contribution in [0.3, 0.4) is 0 Å². The number of fused-ring (bicyclic) bond motifs is 1. The van der Waals surface area contributed by atoms with Crippen LogP contribution in [0.2, 0.25) is 0 Å². The van der Waals surface area contributed by atoms with E-state index >= 15 is 0 Å². The number of hydrogen-bond donors (Lipinski definition) is 2. The third-order valence-corrected chi connectivity index (χ3v) is 5.29. The SMILES string of the molecule is COc1cc2ncnc(N3CCCN(CCNS(=O)(=O)O)CC3)c2cc1OC.Cl. The second-order valence-electron chi connectivity index (χ2n) is 6.47. The lowest BCUT2D eigenvalue weighted by Gasteiger charge is -2.24. The number of ether oxygens (including phenoxy) is 2. The molecule has 1 saturated heterocycles. The molecule has 1 fully saturated rings. The molecule has 0 aliphatic carbocycles. The number of rotatable bonds is 7. The van der Waals surface area contributed by atoms with E-state index < -0.39 is 10.3 Å². The number of methoxy groups -OCH3 is 2. The molecule has 29 heavy (non-hydrogen) atoms. The van der Waals surface area contributed by atoms with Crippen molar-refractivity contribution in [2.45, 2.75) is 6.42 Å². The summed E-state index contributed by atoms with van der Waals surface area (Å²) >= 11 is 0. The van der Waals surface area contributed by atoms with Crippen molar-refractivity contribution in [1.82, 2.24) is 19.6 Å². The zero-order valence-electron chi connectivity index (χ0n) is 16.4. The fourth-order valence-corrected chi connectivity index (χ4v) is 3.71. The maximum absolute atomic E-state index is 10.8. The Morgan fingerprint density at radius 3 is 2.52 bits per heavy atom. The van der Waals surface area contributed by atoms with Crippen molar-refractivity contribution in [2.75, 3.05) is 58.4 Å². The summed E-state index contributed by atoms with van der Waals surface area (Å²) < 4.78 is 43.2. The summed E-state index contributed by atoms with van der Waals surface area (Å²) in [6.45, 7) is 3.86. The number of nitrogens with zero attached hydrogens (tertiary/aromatic N) is 4. The van der Waals surface area contributed by atoms with Gasteiger partial charge in [-0.15, -0.1) is 12.4 Å². The van der Waals surface area contributed by atoms with Gasteiger partial charge in [0.25, 0.3) is 0 Å². The number of aromatic nitrogens is 2. The van der Waals surface area contributed by atoms with Gasteiger partial charge < -0.3 is 19.3 Å². The monoisotopic (exact) mass is 447 g/mol. The molecule has 0 amide bonds. The Morgan fingerprint density at radius 1 is 1.10 bits per heavy atom. The van der Waals surface area contributed by atoms with Crippen LogP contribution in [0.1, 0.15) is 6.42 Å². The van der Waals surface area contributed by atoms with Crippen molar-refractivity contribution in [3.8, 4) is 11.5 Å². The van der Waals surface area contributed by atoms with Crippen LogP contribution in [0, 0.1) is 0 Å². The van der Waals surface area contributed by atoms with E-state index in [2.05, 4.69) is 24.5 Å². The van der Waals surface area contributed by atoms with Gasteiger partial charge in [-0.1, -0.05) is 0 Å². The summed E-state index contributed by atoms with van der Waals surface area (Å²) in [5.41, 5.74) is 0.779. The molecule has 1 aliphatic heterocycles. The van der Waals surface area contributed by atoms with E-state index in [0.29, 0.717) is 18.0 Å². The fraction of sp³-hybridized carbons (Fsp3) is 0.529. The quantitative estimate of drug-likeness (QED) is 0.598. The standard InChI is InChI=1S/C17H25N5O5S.ClH/c1-26-15-10-13-14(11-16(15)27-2)18-12-19-17(13)22-6-3-5-21(8-9-22)7-4-20-28(23,24)25;/h10-12,20H,3-9H2,1-2H3,(H,23,24,25);1H. The molecule has 2 aromatic rings. The molecule has 0 spiro atoms. The van der Waals surface area contributed by atoms with E-state index in [4.69, 9.17) is 14.0 Å². The largest absolute Gasteiger partial charge is 0.493 e. The third-order valence-electron chi connectivity index (χ3n) is 4.72. The van der Waals surface area contributed by atoms with Crippen LogP contribution >= 0.6 is 12.4 Å². The first-order valence-electron chi connectivity index (χ1n) is 8.97. The number of nitrogens with one attached hydrogen (secondary N) is 1. The minimum Gasteiger partial charge on any atom is -0.493 e. The van der Waals surface area contributed by atoms with Crippen molar-refractivity contribution in [3.63, 3.8) is 0 Å². The summed E-state index contributed by atoms with van der Waals surface area (Å²) in [4.78, 5) is 13.2. The highest BCUT2D eigenvalue weighted by molar-refractivity contribution is 7.83. The Kier molecular flexibility index (Phi) is 8.23. The molecule has 0 radical (unpaired) electrons. The molecule has 1 aromatic heterocycles. The average molecular weight is 448 g/mol. The normalized spacial score (nSPS) is 15.6. The fourth-order valence-electron chi connectivity index (χ4n) is 3.36. The Hall–Kier alpha value is -1.92. The highest BCUT2D eigenvalue weighted by Crippen LogP contribution is 2.34. The van der Waals surface area contributed by atoms with Gasteiger partial charge in [-0.25, -0.2) is 9.97 Å². The van der Waals surface area contributed by atoms with E-state index in [-0.39, 0.29) is 19.0 Å². The van der Waals surface area contributed by atoms with Crippen LogP contribution in [0.25, 0.3) is 10.9 Å². The molecule has 1 aliphatic rings. The van der Waals surface area contributed by atoms with Gasteiger partial charge in [0.05, 0.1) is 19.7 Å². The van der Waals surface area contributed by atoms with Crippen molar-refractivity contribution in [1.29, 1.82) is 0 Å². The average Bonchev–Trinajstić information content (AvgIpc) is 2.91. The van der Waals surface area contributed by atoms with E-state index in [1.165, 1.54) is 0 Å². The van der Waals surface area contributed by atoms with Crippen LogP contribution in [0.4, 0.5) is 5.82 Å². The Labute approximate surface area is 176 Å². The van der Waals surface area contributed by atoms with E-state index in [9.17, 15) is 8.42 Å². The molecule has 2 heterocycles. The van der Waals surface area contributed by atoms with Crippen LogP contribution in [-0.4, -0.2) is 81.3 Å². The van der Waals surface area contributed by atoms with Gasteiger partial charge in [0, 0.05) is 44.2 Å². The smallest absolute Gasteiger partial charge is 0.333 e. The van der Waals surface area contributed by atoms with E-state index in [0.717, 1.165) is 49.3 Å². The third kappa shape index (κ3) is 6.03. The van der Waals surface area contributed by atoms with Crippen molar-refractivity contribution in [3.05, 3.63) is 18.5 Å². The molecule has 0 bridgehead atoms. The van der Waals surface area contributed by atoms with Gasteiger partial charge in [0.1, 0.15) is 12.1 Å². The molecule has 10 nitrogen and oxygen atoms in total. The second-order valence-corrected chi connectivity index (χ2v) is 7.71. The van der Waals surface area contributed by atoms with Gasteiger partial charge in [-0.05, 0) is 19.0 Å². The molecule has 162 valence electrons. The van der Waals surface area contributed by atoms with Gasteiger partial charge in [-0.3, -0.25) is 4.55 Å². The molecule has 1 aromatic carbocycles. The molecule has 0 atom stereocenters. The number of halogens is 1. The highest BCUT2D eigenvalue weighted by Gasteiger charge is 2.19. The van der Waals surface area contributed by atoms with Gasteiger partial charge in [0.2, 0.25) is 0 Å². The molecular weight excluding hydrogens is 422 g/mol. The van der Waals surface area contributed by atoms with E-state index in [1.807, 2.05) is 12.1 Å². The highest BCUT2D eigenvalue weighted by atomic mass is 35.5. The summed E-state index contributed by atoms with van der Waals surface area (Å²) in [6, 6.07) is 3.73. The predicted octanol–water partition coefficient (Wildman–Crippen LogP) is 0.973. The van der Waals surface area contributed by atoms with Gasteiger partial charge >= 0.3 is 10.3 Å². The lowest BCUT2D eigenvalue weighted by atomic mass is 10.2. The van der Waals surface area contributed by atoms with Gasteiger partial charge in [0.15, 0.2) is 11.5 Å². The Morgan fingerprint density at radius 2 is 1.83 bits per heavy atom. The lowest BCUT2D eigenvalue weighted by molar-refractivity contribution is 0.297. The van der Waals surface area contributed by atoms with Crippen molar-refractivity contribution >= 4 is 39.4 Å². The summed E-state index contributed by atoms with van der Waals surface area (Å²) in [7, 11) is -0.966. The minimum absolute atomic E-state index is 0. The topological polar surface area (TPSA) is 117 Å². The number of anilines is 1. The number of hydrogen-bond acceptors (Lipinski definition) is 8. The second kappa shape index (κ2) is 10.2. The van der Waals surface area contributed by atoms with Crippen LogP contribution in [-0.2, 0) is 10.3 Å². The van der Waals surface area contributed by atoms with E-state index in [1.54, 1.807) is 20.5 Å². The number of benzene rings is 1. The van der Waals surface area contributed by atoms with Crippen LogP contribution < -0.4 is 19.1 Å². The summed E-state index contributed by atoms with van der Waals surface area (Å²) in [5.74, 6) is 2.08. The molecule has 12 heteroatoms. The Balaban J connectivity index is 0.00000300. The Bertz CT molecular complexity index is 930. The van der Waals surface area contributed by atoms with Crippen molar-refractivity contribution in [2.24, 2.45) is 0 Å². The maximum Gasteiger partial charge on any atom is 0.333 e. The first-order chi connectivity index (χ1) is 13.4. The zero-order valence-corrected chi connectivity index (χ0v) is 18.0. The molecule has 3 rings (SSSR count). The summed E-state index contributed by atoms with van der Waals surface area (Å²) in [6.07, 6.45) is 2.45. The summed E-state index contributed by atoms with van der Waals surface area (Å²) in [5, 5.41) is 0.890. The molecule has 0 unspecified atom stereocenters. The van der Waals surface area contributed by atoms with Crippen molar-refractivity contribution < 1.29 is 22.4 Å². The van der Waals surface area contributed by atoms with Gasteiger partial charge in [-0.2, -0.15) is 13.1 Å². The maximum atomic E-state index is 10.8. The van der Waals surface area contributed by atoms with Crippen LogP contribution in [0.5, 0.6) is 11.5 Å².